The first kappa shape index (κ1) is 10.7. The predicted octanol–water partition coefficient (Wildman–Crippen LogP) is 1.67. The number of esters is 1. The molecular weight excluding hydrogens is 228 g/mol. The number of ether oxygens (including phenoxy) is 2. The highest BCUT2D eigenvalue weighted by atomic mass is 32.1. The summed E-state index contributed by atoms with van der Waals surface area (Å²) in [5.41, 5.74) is 6.74. The number of nitrogens with two attached hydrogens (primary N) is 1. The van der Waals surface area contributed by atoms with E-state index < -0.39 is 5.97 Å². The smallest absolute Gasteiger partial charge is 0.350 e. The molecule has 0 saturated carbocycles. The second kappa shape index (κ2) is 3.97. The molecular formula is C10H10N2O3S. The highest BCUT2D eigenvalue weighted by molar-refractivity contribution is 7.21. The molecule has 16 heavy (non-hydrogen) atoms. The van der Waals surface area contributed by atoms with E-state index in [1.165, 1.54) is 25.6 Å². The van der Waals surface area contributed by atoms with Gasteiger partial charge in [-0.05, 0) is 6.07 Å². The summed E-state index contributed by atoms with van der Waals surface area (Å²) in [7, 11) is 2.85. The minimum atomic E-state index is -0.445. The lowest BCUT2D eigenvalue weighted by Gasteiger charge is -1.98. The van der Waals surface area contributed by atoms with Gasteiger partial charge in [-0.1, -0.05) is 0 Å². The molecule has 5 nitrogen and oxygen atoms in total. The summed E-state index contributed by atoms with van der Waals surface area (Å²) in [6.45, 7) is 0. The summed E-state index contributed by atoms with van der Waals surface area (Å²) in [6.07, 6.45) is 0. The summed E-state index contributed by atoms with van der Waals surface area (Å²) in [5, 5.41) is 0. The fraction of sp³-hybridized carbons (Fsp3) is 0.200. The normalized spacial score (nSPS) is 10.4. The molecule has 0 aliphatic heterocycles. The van der Waals surface area contributed by atoms with E-state index >= 15 is 0 Å². The zero-order valence-electron chi connectivity index (χ0n) is 8.81. The van der Waals surface area contributed by atoms with Crippen LogP contribution in [0.4, 0.5) is 5.69 Å². The van der Waals surface area contributed by atoms with Gasteiger partial charge in [-0.15, -0.1) is 11.3 Å². The molecule has 0 spiro atoms. The maximum absolute atomic E-state index is 11.4. The van der Waals surface area contributed by atoms with Crippen molar-refractivity contribution in [3.8, 4) is 5.88 Å². The highest BCUT2D eigenvalue weighted by Crippen LogP contribution is 2.33. The van der Waals surface area contributed by atoms with Gasteiger partial charge in [0, 0.05) is 6.07 Å². The number of hydrogen-bond acceptors (Lipinski definition) is 6. The first-order chi connectivity index (χ1) is 7.67. The Bertz CT molecular complexity index is 550. The Balaban J connectivity index is 2.64. The molecule has 0 aromatic carbocycles. The van der Waals surface area contributed by atoms with E-state index in [1.807, 2.05) is 6.07 Å². The number of rotatable bonds is 2. The second-order valence-corrected chi connectivity index (χ2v) is 4.09. The summed E-state index contributed by atoms with van der Waals surface area (Å²) < 4.78 is 10.5. The molecule has 0 fully saturated rings. The number of methoxy groups -OCH3 is 2. The van der Waals surface area contributed by atoms with Gasteiger partial charge in [-0.2, -0.15) is 0 Å². The Morgan fingerprint density at radius 3 is 2.81 bits per heavy atom. The van der Waals surface area contributed by atoms with Crippen LogP contribution < -0.4 is 10.5 Å². The molecule has 6 heteroatoms. The molecule has 2 aromatic rings. The van der Waals surface area contributed by atoms with E-state index in [2.05, 4.69) is 9.72 Å². The lowest BCUT2D eigenvalue weighted by molar-refractivity contribution is 0.0607. The van der Waals surface area contributed by atoms with Crippen LogP contribution in [0.1, 0.15) is 9.67 Å². The highest BCUT2D eigenvalue weighted by Gasteiger charge is 2.18. The average Bonchev–Trinajstić information content (AvgIpc) is 2.65. The van der Waals surface area contributed by atoms with Crippen molar-refractivity contribution in [2.24, 2.45) is 0 Å². The van der Waals surface area contributed by atoms with Crippen LogP contribution >= 0.6 is 11.3 Å². The van der Waals surface area contributed by atoms with Crippen molar-refractivity contribution in [3.05, 3.63) is 17.0 Å². The van der Waals surface area contributed by atoms with E-state index in [0.29, 0.717) is 22.0 Å². The van der Waals surface area contributed by atoms with Gasteiger partial charge in [0.25, 0.3) is 0 Å². The maximum Gasteiger partial charge on any atom is 0.350 e. The predicted molar refractivity (Wildman–Crippen MR) is 61.9 cm³/mol. The van der Waals surface area contributed by atoms with Gasteiger partial charge in [0.1, 0.15) is 10.4 Å². The molecule has 0 aliphatic rings. The summed E-state index contributed by atoms with van der Waals surface area (Å²) in [5.74, 6) is 0.0212. The molecule has 0 aliphatic carbocycles. The number of anilines is 1. The molecule has 2 heterocycles. The minimum absolute atomic E-state index is 0.339. The molecule has 84 valence electrons. The number of hydrogen-bond donors (Lipinski definition) is 1. The largest absolute Gasteiger partial charge is 0.481 e. The number of aromatic nitrogens is 1. The van der Waals surface area contributed by atoms with Crippen LogP contribution in [0.15, 0.2) is 12.1 Å². The van der Waals surface area contributed by atoms with Crippen molar-refractivity contribution in [1.29, 1.82) is 0 Å². The standard InChI is InChI=1S/C10H10N2O3S/c1-14-6-4-3-5-8(12-6)7(11)9(16-5)10(13)15-2/h3-4H,11H2,1-2H3. The molecule has 2 aromatic heterocycles. The summed E-state index contributed by atoms with van der Waals surface area (Å²) >= 11 is 1.26. The van der Waals surface area contributed by atoms with Crippen molar-refractivity contribution in [2.45, 2.75) is 0 Å². The molecule has 0 unspecified atom stereocenters. The summed E-state index contributed by atoms with van der Waals surface area (Å²) in [4.78, 5) is 16.0. The average molecular weight is 238 g/mol. The van der Waals surface area contributed by atoms with Crippen molar-refractivity contribution >= 4 is 33.2 Å². The molecule has 0 bridgehead atoms. The SMILES string of the molecule is COC(=O)c1sc2ccc(OC)nc2c1N. The van der Waals surface area contributed by atoms with Crippen LogP contribution in [0.5, 0.6) is 5.88 Å². The number of carbonyl (C=O) groups excluding carboxylic acids is 1. The third-order valence-corrected chi connectivity index (χ3v) is 3.26. The monoisotopic (exact) mass is 238 g/mol. The first-order valence-electron chi connectivity index (χ1n) is 4.48. The van der Waals surface area contributed by atoms with Gasteiger partial charge in [0.2, 0.25) is 5.88 Å². The van der Waals surface area contributed by atoms with Gasteiger partial charge in [-0.3, -0.25) is 0 Å². The quantitative estimate of drug-likeness (QED) is 0.805. The fourth-order valence-corrected chi connectivity index (χ4v) is 2.32. The molecule has 2 rings (SSSR count). The van der Waals surface area contributed by atoms with Gasteiger partial charge in [0.05, 0.1) is 24.6 Å². The van der Waals surface area contributed by atoms with Crippen LogP contribution in [-0.2, 0) is 4.74 Å². The lowest BCUT2D eigenvalue weighted by atomic mass is 10.3. The van der Waals surface area contributed by atoms with Crippen LogP contribution in [0.3, 0.4) is 0 Å². The van der Waals surface area contributed by atoms with Gasteiger partial charge in [0.15, 0.2) is 0 Å². The Labute approximate surface area is 95.8 Å². The van der Waals surface area contributed by atoms with E-state index in [4.69, 9.17) is 10.5 Å². The Morgan fingerprint density at radius 1 is 1.44 bits per heavy atom. The fourth-order valence-electron chi connectivity index (χ4n) is 1.33. The van der Waals surface area contributed by atoms with Crippen LogP contribution in [-0.4, -0.2) is 25.2 Å². The third kappa shape index (κ3) is 1.57. The van der Waals surface area contributed by atoms with Crippen LogP contribution in [0, 0.1) is 0 Å². The lowest BCUT2D eigenvalue weighted by Crippen LogP contribution is -2.01. The van der Waals surface area contributed by atoms with Gasteiger partial charge < -0.3 is 15.2 Å². The Hall–Kier alpha value is -1.82. The molecule has 0 radical (unpaired) electrons. The number of thiophene rings is 1. The van der Waals surface area contributed by atoms with E-state index in [-0.39, 0.29) is 0 Å². The summed E-state index contributed by atoms with van der Waals surface area (Å²) in [6, 6.07) is 3.54. The van der Waals surface area contributed by atoms with E-state index in [1.54, 1.807) is 6.07 Å². The maximum atomic E-state index is 11.4. The Kier molecular flexibility index (Phi) is 2.66. The number of pyridine rings is 1. The zero-order valence-corrected chi connectivity index (χ0v) is 9.63. The number of nitrogens with zero attached hydrogens (tertiary/aromatic N) is 1. The van der Waals surface area contributed by atoms with Crippen molar-refractivity contribution < 1.29 is 14.3 Å². The van der Waals surface area contributed by atoms with Crippen LogP contribution in [0.2, 0.25) is 0 Å². The molecule has 2 N–H and O–H groups in total. The second-order valence-electron chi connectivity index (χ2n) is 3.04. The molecule has 0 atom stereocenters. The van der Waals surface area contributed by atoms with E-state index in [9.17, 15) is 4.79 Å². The number of carbonyl (C=O) groups is 1. The topological polar surface area (TPSA) is 74.4 Å². The van der Waals surface area contributed by atoms with Crippen LogP contribution in [0.25, 0.3) is 10.2 Å². The first-order valence-corrected chi connectivity index (χ1v) is 5.30. The number of fused-ring (bicyclic) bond motifs is 1. The Morgan fingerprint density at radius 2 is 2.19 bits per heavy atom. The zero-order chi connectivity index (χ0) is 11.7. The van der Waals surface area contributed by atoms with Gasteiger partial charge >= 0.3 is 5.97 Å². The minimum Gasteiger partial charge on any atom is -0.481 e. The van der Waals surface area contributed by atoms with Crippen molar-refractivity contribution in [3.63, 3.8) is 0 Å². The molecule has 0 saturated heterocycles. The van der Waals surface area contributed by atoms with Crippen molar-refractivity contribution in [2.75, 3.05) is 20.0 Å². The number of nitrogen functional groups attached to an aromatic ring is 1. The van der Waals surface area contributed by atoms with Crippen molar-refractivity contribution in [1.82, 2.24) is 4.98 Å². The third-order valence-electron chi connectivity index (χ3n) is 2.12. The van der Waals surface area contributed by atoms with Gasteiger partial charge in [-0.25, -0.2) is 9.78 Å². The molecule has 0 amide bonds. The van der Waals surface area contributed by atoms with E-state index in [0.717, 1.165) is 4.70 Å².